The number of benzene rings is 2. The number of alkyl carbamates (subject to hydrolysis) is 1. The van der Waals surface area contributed by atoms with E-state index >= 15 is 0 Å². The van der Waals surface area contributed by atoms with Crippen LogP contribution in [0, 0.1) is 17.8 Å². The Morgan fingerprint density at radius 2 is 1.59 bits per heavy atom. The molecule has 2 aromatic carbocycles. The minimum absolute atomic E-state index is 0.00728. The highest BCUT2D eigenvalue weighted by atomic mass is 16.5. The lowest BCUT2D eigenvalue weighted by Crippen LogP contribution is -2.45. The van der Waals surface area contributed by atoms with Crippen LogP contribution in [-0.2, 0) is 14.3 Å². The molecule has 7 nitrogen and oxygen atoms in total. The van der Waals surface area contributed by atoms with Crippen LogP contribution in [0.3, 0.4) is 0 Å². The van der Waals surface area contributed by atoms with Gasteiger partial charge in [0.15, 0.2) is 0 Å². The number of carboxylic acids is 1. The van der Waals surface area contributed by atoms with Crippen LogP contribution in [0.2, 0.25) is 0 Å². The van der Waals surface area contributed by atoms with Crippen LogP contribution in [-0.4, -0.2) is 42.3 Å². The lowest BCUT2D eigenvalue weighted by molar-refractivity contribution is -0.143. The monoisotopic (exact) mass is 464 g/mol. The number of rotatable bonds is 10. The molecule has 0 radical (unpaired) electrons. The average Bonchev–Trinajstić information content (AvgIpc) is 3.61. The highest BCUT2D eigenvalue weighted by Gasteiger charge is 2.34. The van der Waals surface area contributed by atoms with Gasteiger partial charge in [-0.1, -0.05) is 62.4 Å². The van der Waals surface area contributed by atoms with Crippen molar-refractivity contribution in [1.82, 2.24) is 10.6 Å². The molecule has 0 aliphatic heterocycles. The lowest BCUT2D eigenvalue weighted by Gasteiger charge is -2.21. The number of fused-ring (bicyclic) bond motifs is 3. The minimum Gasteiger partial charge on any atom is -0.480 e. The van der Waals surface area contributed by atoms with Crippen LogP contribution < -0.4 is 10.6 Å². The first-order valence-corrected chi connectivity index (χ1v) is 12.0. The van der Waals surface area contributed by atoms with Gasteiger partial charge in [0.2, 0.25) is 5.91 Å². The van der Waals surface area contributed by atoms with Crippen molar-refractivity contribution in [3.8, 4) is 11.1 Å². The van der Waals surface area contributed by atoms with Crippen molar-refractivity contribution in [3.63, 3.8) is 0 Å². The van der Waals surface area contributed by atoms with Gasteiger partial charge < -0.3 is 20.5 Å². The maximum atomic E-state index is 12.5. The summed E-state index contributed by atoms with van der Waals surface area (Å²) in [6.07, 6.45) is 1.71. The van der Waals surface area contributed by atoms with E-state index in [1.165, 1.54) is 11.1 Å². The summed E-state index contributed by atoms with van der Waals surface area (Å²) < 4.78 is 5.59. The molecule has 1 fully saturated rings. The van der Waals surface area contributed by atoms with Crippen molar-refractivity contribution in [3.05, 3.63) is 59.7 Å². The topological polar surface area (TPSA) is 105 Å². The van der Waals surface area contributed by atoms with Gasteiger partial charge in [0.1, 0.15) is 12.6 Å². The molecule has 0 bridgehead atoms. The first-order valence-electron chi connectivity index (χ1n) is 12.0. The molecule has 2 aliphatic rings. The van der Waals surface area contributed by atoms with Gasteiger partial charge in [0.05, 0.1) is 0 Å². The molecule has 2 aromatic rings. The standard InChI is InChI=1S/C27H32N2O5/c1-16(2)25(26(31)32)29-24(30)13-18(17-11-12-17)14-28-27(33)34-15-23-21-9-5-3-7-19(21)20-8-4-6-10-22(20)23/h3-10,16-18,23,25H,11-15H2,1-2H3,(H,28,33)(H,29,30)(H,31,32). The number of nitrogens with one attached hydrogen (secondary N) is 2. The van der Waals surface area contributed by atoms with Gasteiger partial charge >= 0.3 is 12.1 Å². The number of hydrogen-bond donors (Lipinski definition) is 3. The molecular formula is C27H32N2O5. The van der Waals surface area contributed by atoms with Crippen molar-refractivity contribution >= 4 is 18.0 Å². The van der Waals surface area contributed by atoms with Crippen LogP contribution in [0.15, 0.2) is 48.5 Å². The van der Waals surface area contributed by atoms with E-state index in [2.05, 4.69) is 34.9 Å². The Kier molecular flexibility index (Phi) is 7.20. The molecular weight excluding hydrogens is 432 g/mol. The van der Waals surface area contributed by atoms with Crippen molar-refractivity contribution < 1.29 is 24.2 Å². The Balaban J connectivity index is 1.30. The van der Waals surface area contributed by atoms with E-state index < -0.39 is 18.1 Å². The van der Waals surface area contributed by atoms with Gasteiger partial charge in [0.25, 0.3) is 0 Å². The number of carboxylic acid groups (broad SMARTS) is 1. The summed E-state index contributed by atoms with van der Waals surface area (Å²) in [5, 5.41) is 14.7. The van der Waals surface area contributed by atoms with E-state index in [1.807, 2.05) is 24.3 Å². The summed E-state index contributed by atoms with van der Waals surface area (Å²) in [6, 6.07) is 15.4. The third-order valence-corrected chi connectivity index (χ3v) is 6.84. The minimum atomic E-state index is -1.04. The number of aliphatic carboxylic acids is 1. The van der Waals surface area contributed by atoms with E-state index in [1.54, 1.807) is 13.8 Å². The number of hydrogen-bond acceptors (Lipinski definition) is 4. The van der Waals surface area contributed by atoms with Crippen molar-refractivity contribution in [2.45, 2.75) is 45.1 Å². The summed E-state index contributed by atoms with van der Waals surface area (Å²) in [5.74, 6) is -1.23. The zero-order chi connectivity index (χ0) is 24.2. The predicted octanol–water partition coefficient (Wildman–Crippen LogP) is 4.17. The molecule has 2 unspecified atom stereocenters. The Bertz CT molecular complexity index is 1020. The summed E-state index contributed by atoms with van der Waals surface area (Å²) in [5.41, 5.74) is 4.66. The summed E-state index contributed by atoms with van der Waals surface area (Å²) in [6.45, 7) is 4.09. The van der Waals surface area contributed by atoms with Crippen molar-refractivity contribution in [1.29, 1.82) is 0 Å². The molecule has 0 heterocycles. The van der Waals surface area contributed by atoms with E-state index in [0.29, 0.717) is 12.5 Å². The Morgan fingerprint density at radius 3 is 2.12 bits per heavy atom. The first-order chi connectivity index (χ1) is 16.3. The maximum Gasteiger partial charge on any atom is 0.407 e. The second-order valence-electron chi connectivity index (χ2n) is 9.64. The molecule has 1 saturated carbocycles. The largest absolute Gasteiger partial charge is 0.480 e. The zero-order valence-electron chi connectivity index (χ0n) is 19.6. The molecule has 0 saturated heterocycles. The molecule has 0 spiro atoms. The fourth-order valence-electron chi connectivity index (χ4n) is 4.82. The smallest absolute Gasteiger partial charge is 0.407 e. The molecule has 2 atom stereocenters. The molecule has 34 heavy (non-hydrogen) atoms. The fourth-order valence-corrected chi connectivity index (χ4v) is 4.82. The molecule has 0 aromatic heterocycles. The lowest BCUT2D eigenvalue weighted by atomic mass is 9.98. The molecule has 4 rings (SSSR count). The molecule has 3 N–H and O–H groups in total. The highest BCUT2D eigenvalue weighted by molar-refractivity contribution is 5.84. The fraction of sp³-hybridized carbons (Fsp3) is 0.444. The second kappa shape index (κ2) is 10.3. The van der Waals surface area contributed by atoms with Gasteiger partial charge in [0, 0.05) is 18.9 Å². The third kappa shape index (κ3) is 5.41. The first kappa shape index (κ1) is 23.8. The normalized spacial score (nSPS) is 16.3. The number of amides is 2. The number of carbonyl (C=O) groups is 3. The van der Waals surface area contributed by atoms with Crippen LogP contribution in [0.4, 0.5) is 4.79 Å². The Morgan fingerprint density at radius 1 is 1.00 bits per heavy atom. The predicted molar refractivity (Wildman–Crippen MR) is 128 cm³/mol. The van der Waals surface area contributed by atoms with Gasteiger partial charge in [-0.15, -0.1) is 0 Å². The van der Waals surface area contributed by atoms with E-state index in [9.17, 15) is 19.5 Å². The van der Waals surface area contributed by atoms with Crippen molar-refractivity contribution in [2.75, 3.05) is 13.2 Å². The van der Waals surface area contributed by atoms with Crippen molar-refractivity contribution in [2.24, 2.45) is 17.8 Å². The number of carbonyl (C=O) groups excluding carboxylic acids is 2. The molecule has 180 valence electrons. The third-order valence-electron chi connectivity index (χ3n) is 6.84. The van der Waals surface area contributed by atoms with Crippen LogP contribution in [0.1, 0.15) is 50.2 Å². The Labute approximate surface area is 199 Å². The summed E-state index contributed by atoms with van der Waals surface area (Å²) in [4.78, 5) is 36.3. The van der Waals surface area contributed by atoms with E-state index in [-0.39, 0.29) is 36.7 Å². The highest BCUT2D eigenvalue weighted by Crippen LogP contribution is 2.44. The van der Waals surface area contributed by atoms with Crippen LogP contribution in [0.25, 0.3) is 11.1 Å². The van der Waals surface area contributed by atoms with Gasteiger partial charge in [-0.25, -0.2) is 9.59 Å². The quantitative estimate of drug-likeness (QED) is 0.490. The molecule has 2 amide bonds. The van der Waals surface area contributed by atoms with E-state index in [4.69, 9.17) is 4.74 Å². The van der Waals surface area contributed by atoms with Crippen LogP contribution in [0.5, 0.6) is 0 Å². The Hall–Kier alpha value is -3.35. The SMILES string of the molecule is CC(C)C(NC(=O)CC(CNC(=O)OCC1c2ccccc2-c2ccccc21)C1CC1)C(=O)O. The van der Waals surface area contributed by atoms with Crippen LogP contribution >= 0.6 is 0 Å². The second-order valence-corrected chi connectivity index (χ2v) is 9.64. The maximum absolute atomic E-state index is 12.5. The molecule has 7 heteroatoms. The van der Waals surface area contributed by atoms with Gasteiger partial charge in [-0.2, -0.15) is 0 Å². The average molecular weight is 465 g/mol. The van der Waals surface area contributed by atoms with Gasteiger partial charge in [-0.3, -0.25) is 4.79 Å². The zero-order valence-corrected chi connectivity index (χ0v) is 19.6. The summed E-state index contributed by atoms with van der Waals surface area (Å²) in [7, 11) is 0. The van der Waals surface area contributed by atoms with Gasteiger partial charge in [-0.05, 0) is 52.8 Å². The number of ether oxygens (including phenoxy) is 1. The van der Waals surface area contributed by atoms with E-state index in [0.717, 1.165) is 24.0 Å². The summed E-state index contributed by atoms with van der Waals surface area (Å²) >= 11 is 0. The molecule has 2 aliphatic carbocycles.